The van der Waals surface area contributed by atoms with E-state index in [1.54, 1.807) is 12.1 Å². The molecule has 0 fully saturated rings. The molecule has 0 bridgehead atoms. The highest BCUT2D eigenvalue weighted by atomic mass is 19.1. The maximum absolute atomic E-state index is 12.9. The zero-order valence-corrected chi connectivity index (χ0v) is 12.1. The van der Waals surface area contributed by atoms with E-state index in [-0.39, 0.29) is 12.4 Å². The van der Waals surface area contributed by atoms with Crippen molar-refractivity contribution < 1.29 is 14.0 Å². The largest absolute Gasteiger partial charge is 0.396 e. The van der Waals surface area contributed by atoms with Crippen LogP contribution in [0.1, 0.15) is 25.1 Å². The number of benzene rings is 1. The Kier molecular flexibility index (Phi) is 5.83. The molecule has 2 aromatic rings. The van der Waals surface area contributed by atoms with Crippen molar-refractivity contribution in [2.24, 2.45) is 0 Å². The summed E-state index contributed by atoms with van der Waals surface area (Å²) in [6.07, 6.45) is 2.87. The van der Waals surface area contributed by atoms with Crippen molar-refractivity contribution in [1.29, 1.82) is 0 Å². The molecule has 0 saturated heterocycles. The number of halogens is 1. The molecule has 0 unspecified atom stereocenters. The molecule has 0 spiro atoms. The second kappa shape index (κ2) is 7.85. The number of aliphatic hydroxyl groups is 1. The van der Waals surface area contributed by atoms with Gasteiger partial charge in [0, 0.05) is 12.2 Å². The third-order valence-electron chi connectivity index (χ3n) is 3.17. The van der Waals surface area contributed by atoms with Gasteiger partial charge >= 0.3 is 0 Å². The number of hydrogen-bond acceptors (Lipinski definition) is 5. The fourth-order valence-electron chi connectivity index (χ4n) is 2.02. The molecule has 5 nitrogen and oxygen atoms in total. The number of nitrogens with zero attached hydrogens (tertiary/aromatic N) is 3. The molecule has 0 aliphatic heterocycles. The lowest BCUT2D eigenvalue weighted by atomic mass is 10.2. The highest BCUT2D eigenvalue weighted by Gasteiger charge is 2.10. The van der Waals surface area contributed by atoms with Crippen molar-refractivity contribution in [3.63, 3.8) is 0 Å². The predicted molar refractivity (Wildman–Crippen MR) is 77.0 cm³/mol. The molecule has 0 amide bonds. The molecule has 21 heavy (non-hydrogen) atoms. The van der Waals surface area contributed by atoms with E-state index >= 15 is 0 Å². The van der Waals surface area contributed by atoms with Gasteiger partial charge in [-0.3, -0.25) is 4.90 Å². The Labute approximate surface area is 123 Å². The molecular weight excluding hydrogens is 273 g/mol. The van der Waals surface area contributed by atoms with E-state index in [2.05, 4.69) is 15.0 Å². The average molecular weight is 293 g/mol. The molecule has 114 valence electrons. The molecule has 6 heteroatoms. The second-order valence-corrected chi connectivity index (χ2v) is 5.04. The van der Waals surface area contributed by atoms with Crippen LogP contribution in [-0.4, -0.2) is 40.3 Å². The first kappa shape index (κ1) is 15.6. The number of aromatic nitrogens is 2. The van der Waals surface area contributed by atoms with Crippen LogP contribution in [0.5, 0.6) is 0 Å². The molecule has 0 aliphatic carbocycles. The van der Waals surface area contributed by atoms with Gasteiger partial charge in [-0.1, -0.05) is 5.16 Å². The van der Waals surface area contributed by atoms with Crippen molar-refractivity contribution in [2.45, 2.75) is 25.8 Å². The lowest BCUT2D eigenvalue weighted by Gasteiger charge is -2.13. The third-order valence-corrected chi connectivity index (χ3v) is 3.17. The Morgan fingerprint density at radius 1 is 1.19 bits per heavy atom. The molecule has 0 atom stereocenters. The van der Waals surface area contributed by atoms with Crippen molar-refractivity contribution in [1.82, 2.24) is 15.0 Å². The topological polar surface area (TPSA) is 62.4 Å². The Bertz CT molecular complexity index is 542. The first-order chi connectivity index (χ1) is 10.2. The summed E-state index contributed by atoms with van der Waals surface area (Å²) in [5.41, 5.74) is 0.709. The van der Waals surface area contributed by atoms with Crippen LogP contribution in [0, 0.1) is 5.82 Å². The van der Waals surface area contributed by atoms with Gasteiger partial charge in [-0.05, 0) is 57.1 Å². The van der Waals surface area contributed by atoms with Gasteiger partial charge < -0.3 is 9.63 Å². The minimum atomic E-state index is -0.291. The highest BCUT2D eigenvalue weighted by molar-refractivity contribution is 5.52. The maximum Gasteiger partial charge on any atom is 0.257 e. The minimum absolute atomic E-state index is 0.246. The Morgan fingerprint density at radius 2 is 1.95 bits per heavy atom. The Balaban J connectivity index is 1.86. The summed E-state index contributed by atoms with van der Waals surface area (Å²) >= 11 is 0. The van der Waals surface area contributed by atoms with Crippen molar-refractivity contribution in [2.75, 3.05) is 20.2 Å². The monoisotopic (exact) mass is 293 g/mol. The van der Waals surface area contributed by atoms with Crippen LogP contribution in [0.3, 0.4) is 0 Å². The lowest BCUT2D eigenvalue weighted by Crippen LogP contribution is -2.19. The van der Waals surface area contributed by atoms with E-state index in [0.29, 0.717) is 23.8 Å². The number of aliphatic hydroxyl groups excluding tert-OH is 1. The van der Waals surface area contributed by atoms with Gasteiger partial charge in [-0.2, -0.15) is 4.98 Å². The summed E-state index contributed by atoms with van der Waals surface area (Å²) in [5.74, 6) is 0.721. The van der Waals surface area contributed by atoms with E-state index in [1.807, 2.05) is 7.05 Å². The fraction of sp³-hybridized carbons (Fsp3) is 0.467. The summed E-state index contributed by atoms with van der Waals surface area (Å²) in [6.45, 7) is 1.76. The minimum Gasteiger partial charge on any atom is -0.396 e. The van der Waals surface area contributed by atoms with Crippen LogP contribution in [0.25, 0.3) is 11.5 Å². The molecule has 0 radical (unpaired) electrons. The smallest absolute Gasteiger partial charge is 0.257 e. The summed E-state index contributed by atoms with van der Waals surface area (Å²) in [4.78, 5) is 6.42. The van der Waals surface area contributed by atoms with Crippen LogP contribution in [0.15, 0.2) is 28.8 Å². The molecule has 1 aromatic heterocycles. The normalized spacial score (nSPS) is 11.2. The summed E-state index contributed by atoms with van der Waals surface area (Å²) < 4.78 is 18.1. The molecule has 2 rings (SSSR count). The average Bonchev–Trinajstić information content (AvgIpc) is 2.93. The third kappa shape index (κ3) is 4.91. The maximum atomic E-state index is 12.9. The lowest BCUT2D eigenvalue weighted by molar-refractivity contribution is 0.268. The molecule has 0 aliphatic rings. The summed E-state index contributed by atoms with van der Waals surface area (Å²) in [5, 5.41) is 12.7. The van der Waals surface area contributed by atoms with Gasteiger partial charge in [0.25, 0.3) is 5.89 Å². The fourth-order valence-corrected chi connectivity index (χ4v) is 2.02. The second-order valence-electron chi connectivity index (χ2n) is 5.04. The first-order valence-corrected chi connectivity index (χ1v) is 7.07. The van der Waals surface area contributed by atoms with Crippen molar-refractivity contribution >= 4 is 0 Å². The quantitative estimate of drug-likeness (QED) is 0.758. The zero-order chi connectivity index (χ0) is 15.1. The number of rotatable bonds is 8. The van der Waals surface area contributed by atoms with Crippen LogP contribution in [0.2, 0.25) is 0 Å². The SMILES string of the molecule is CN(CCCCCO)Cc1noc(-c2ccc(F)cc2)n1. The van der Waals surface area contributed by atoms with Crippen molar-refractivity contribution in [3.05, 3.63) is 35.9 Å². The molecule has 0 saturated carbocycles. The van der Waals surface area contributed by atoms with Crippen LogP contribution < -0.4 is 0 Å². The van der Waals surface area contributed by atoms with Crippen molar-refractivity contribution in [3.8, 4) is 11.5 Å². The molecule has 1 heterocycles. The van der Waals surface area contributed by atoms with E-state index in [1.165, 1.54) is 12.1 Å². The summed E-state index contributed by atoms with van der Waals surface area (Å²) in [7, 11) is 1.99. The predicted octanol–water partition coefficient (Wildman–Crippen LogP) is 2.47. The van der Waals surface area contributed by atoms with Crippen LogP contribution >= 0.6 is 0 Å². The zero-order valence-electron chi connectivity index (χ0n) is 12.1. The summed E-state index contributed by atoms with van der Waals surface area (Å²) in [6, 6.07) is 5.97. The van der Waals surface area contributed by atoms with Gasteiger partial charge in [0.1, 0.15) is 5.82 Å². The van der Waals surface area contributed by atoms with Gasteiger partial charge in [0.2, 0.25) is 0 Å². The van der Waals surface area contributed by atoms with E-state index in [0.717, 1.165) is 25.8 Å². The van der Waals surface area contributed by atoms with Gasteiger partial charge in [0.05, 0.1) is 6.54 Å². The number of unbranched alkanes of at least 4 members (excludes halogenated alkanes) is 2. The first-order valence-electron chi connectivity index (χ1n) is 7.07. The molecule has 1 aromatic carbocycles. The molecule has 1 N–H and O–H groups in total. The number of hydrogen-bond donors (Lipinski definition) is 1. The highest BCUT2D eigenvalue weighted by Crippen LogP contribution is 2.17. The van der Waals surface area contributed by atoms with Gasteiger partial charge in [-0.25, -0.2) is 4.39 Å². The van der Waals surface area contributed by atoms with Gasteiger partial charge in [0.15, 0.2) is 5.82 Å². The standard InChI is InChI=1S/C15H20FN3O2/c1-19(9-3-2-4-10-20)11-14-17-15(21-18-14)12-5-7-13(16)8-6-12/h5-8,20H,2-4,9-11H2,1H3. The van der Waals surface area contributed by atoms with Crippen LogP contribution in [-0.2, 0) is 6.54 Å². The Hall–Kier alpha value is -1.79. The van der Waals surface area contributed by atoms with Gasteiger partial charge in [-0.15, -0.1) is 0 Å². The van der Waals surface area contributed by atoms with E-state index in [9.17, 15) is 4.39 Å². The Morgan fingerprint density at radius 3 is 2.67 bits per heavy atom. The van der Waals surface area contributed by atoms with E-state index < -0.39 is 0 Å². The molecular formula is C15H20FN3O2. The van der Waals surface area contributed by atoms with Crippen LogP contribution in [0.4, 0.5) is 4.39 Å². The van der Waals surface area contributed by atoms with E-state index in [4.69, 9.17) is 9.63 Å².